The molecule has 0 fully saturated rings. The molecule has 0 spiro atoms. The maximum absolute atomic E-state index is 14.4. The van der Waals surface area contributed by atoms with E-state index in [-0.39, 0.29) is 37.2 Å². The van der Waals surface area contributed by atoms with Crippen LogP contribution in [0, 0.1) is 0 Å². The number of benzene rings is 2. The molecule has 12 heteroatoms. The van der Waals surface area contributed by atoms with E-state index in [9.17, 15) is 9.36 Å². The van der Waals surface area contributed by atoms with Crippen LogP contribution in [0.2, 0.25) is 0 Å². The molecule has 0 radical (unpaired) electrons. The lowest BCUT2D eigenvalue weighted by atomic mass is 10.1. The number of fused-ring (bicyclic) bond motifs is 3. The molecular formula is C31H42N5O6P. The van der Waals surface area contributed by atoms with Crippen molar-refractivity contribution >= 4 is 41.5 Å². The lowest BCUT2D eigenvalue weighted by Gasteiger charge is -2.25. The number of nitrogens with zero attached hydrogens (tertiary/aromatic N) is 3. The van der Waals surface area contributed by atoms with Crippen molar-refractivity contribution in [3.63, 3.8) is 0 Å². The number of rotatable bonds is 16. The number of imidazole rings is 1. The molecule has 43 heavy (non-hydrogen) atoms. The molecule has 0 saturated carbocycles. The fraction of sp³-hybridized carbons (Fsp3) is 0.452. The fourth-order valence-corrected chi connectivity index (χ4v) is 6.03. The molecule has 0 amide bonds. The van der Waals surface area contributed by atoms with E-state index in [0.717, 1.165) is 5.39 Å². The van der Waals surface area contributed by atoms with Crippen molar-refractivity contribution in [3.05, 3.63) is 60.4 Å². The zero-order valence-electron chi connectivity index (χ0n) is 33.9. The Morgan fingerprint density at radius 2 is 1.86 bits per heavy atom. The van der Waals surface area contributed by atoms with Crippen molar-refractivity contribution in [1.29, 1.82) is 0 Å². The second kappa shape index (κ2) is 14.8. The zero-order valence-corrected chi connectivity index (χ0v) is 24.8. The van der Waals surface area contributed by atoms with Crippen LogP contribution in [0.4, 0.5) is 5.82 Å². The third-order valence-electron chi connectivity index (χ3n) is 6.46. The van der Waals surface area contributed by atoms with E-state index in [0.29, 0.717) is 41.8 Å². The number of ether oxygens (including phenoxy) is 2. The highest BCUT2D eigenvalue weighted by molar-refractivity contribution is 7.52. The molecule has 2 aromatic heterocycles. The third-order valence-corrected chi connectivity index (χ3v) is 8.00. The molecule has 3 atom stereocenters. The Hall–Kier alpha value is -3.50. The minimum atomic E-state index is -4.90. The van der Waals surface area contributed by atoms with Gasteiger partial charge in [-0.05, 0) is 58.5 Å². The van der Waals surface area contributed by atoms with Gasteiger partial charge in [-0.2, -0.15) is 5.09 Å². The first-order valence-corrected chi connectivity index (χ1v) is 15.3. The Morgan fingerprint density at radius 3 is 2.58 bits per heavy atom. The van der Waals surface area contributed by atoms with Crippen molar-refractivity contribution < 1.29 is 41.6 Å². The van der Waals surface area contributed by atoms with Gasteiger partial charge in [-0.25, -0.2) is 14.5 Å². The van der Waals surface area contributed by atoms with Crippen molar-refractivity contribution in [3.8, 4) is 5.75 Å². The number of esters is 1. The van der Waals surface area contributed by atoms with Crippen molar-refractivity contribution in [1.82, 2.24) is 19.6 Å². The Bertz CT molecular complexity index is 1910. The highest BCUT2D eigenvalue weighted by Crippen LogP contribution is 2.45. The van der Waals surface area contributed by atoms with Gasteiger partial charge in [0, 0.05) is 30.4 Å². The van der Waals surface area contributed by atoms with Gasteiger partial charge < -0.3 is 24.3 Å². The van der Waals surface area contributed by atoms with Crippen LogP contribution < -0.4 is 15.3 Å². The van der Waals surface area contributed by atoms with Crippen LogP contribution in [0.15, 0.2) is 54.6 Å². The number of nitrogens with two attached hydrogens (primary N) is 1. The maximum Gasteiger partial charge on any atom is 0.459 e. The monoisotopic (exact) mass is 621 g/mol. The average molecular weight is 622 g/mol. The van der Waals surface area contributed by atoms with Gasteiger partial charge in [0.1, 0.15) is 29.7 Å². The number of nitrogens with one attached hydrogen (secondary N) is 1. The number of para-hydroxylation sites is 2. The first-order valence-electron chi connectivity index (χ1n) is 18.8. The maximum atomic E-state index is 14.4. The lowest BCUT2D eigenvalue weighted by molar-refractivity contribution is -0.149. The molecule has 0 aliphatic heterocycles. The van der Waals surface area contributed by atoms with Gasteiger partial charge in [0.25, 0.3) is 0 Å². The molecule has 0 bridgehead atoms. The molecule has 2 aromatic carbocycles. The number of carbonyl (C=O) groups excluding carboxylic acids is 1. The molecule has 11 nitrogen and oxygen atoms in total. The summed E-state index contributed by atoms with van der Waals surface area (Å²) in [6.07, 6.45) is -2.49. The first kappa shape index (κ1) is 21.2. The van der Waals surface area contributed by atoms with Crippen molar-refractivity contribution in [2.75, 3.05) is 18.9 Å². The van der Waals surface area contributed by atoms with Gasteiger partial charge in [0.05, 0.1) is 25.1 Å². The summed E-state index contributed by atoms with van der Waals surface area (Å²) in [6, 6.07) is 11.8. The predicted octanol–water partition coefficient (Wildman–Crippen LogP) is 6.57. The Kier molecular flexibility index (Phi) is 7.31. The minimum absolute atomic E-state index is 0.0556. The SMILES string of the molecule is [2H]C([2H])([2H])[C@H](N[P@](=O)(OCC[C@H](CCC)n1c(COCC)nc2c(N)nc3ccccc3c21)Oc1ccccc1)C(=O)OC([2H])(C([2H])([2H])[2H])C([2H])([2H])[2H]. The van der Waals surface area contributed by atoms with Gasteiger partial charge >= 0.3 is 13.7 Å². The van der Waals surface area contributed by atoms with Gasteiger partial charge in [0.15, 0.2) is 5.82 Å². The van der Waals surface area contributed by atoms with E-state index in [4.69, 9.17) is 38.2 Å². The molecule has 2 heterocycles. The predicted molar refractivity (Wildman–Crippen MR) is 168 cm³/mol. The van der Waals surface area contributed by atoms with Crippen LogP contribution in [-0.2, 0) is 30.0 Å². The molecule has 0 saturated heterocycles. The second-order valence-corrected chi connectivity index (χ2v) is 11.2. The normalized spacial score (nSPS) is 19.1. The van der Waals surface area contributed by atoms with Crippen LogP contribution in [0.3, 0.4) is 0 Å². The van der Waals surface area contributed by atoms with Gasteiger partial charge in [-0.15, -0.1) is 0 Å². The molecule has 4 rings (SSSR count). The van der Waals surface area contributed by atoms with E-state index in [1.165, 1.54) is 24.3 Å². The minimum Gasteiger partial charge on any atom is -0.462 e. The van der Waals surface area contributed by atoms with E-state index in [1.807, 2.05) is 47.8 Å². The van der Waals surface area contributed by atoms with E-state index < -0.39 is 46.4 Å². The standard InChI is InChI=1S/C31H42N5O6P/c1-6-13-23(36-27(20-39-7-2)34-28-29(36)25-16-11-12-17-26(25)33-30(28)32)18-19-40-43(38,42-24-14-9-8-10-15-24)35-22(5)31(37)41-21(3)4/h8-12,14-17,21-23H,6-7,13,18-20H2,1-5H3,(H2,32,33)(H,35,38)/t22-,23-,43-/m0/s1/i3D3,4D3,5D3,21D. The number of hydrogen-bond acceptors (Lipinski definition) is 9. The van der Waals surface area contributed by atoms with Crippen molar-refractivity contribution in [2.24, 2.45) is 0 Å². The number of carbonyl (C=O) groups is 1. The Balaban J connectivity index is 1.72. The summed E-state index contributed by atoms with van der Waals surface area (Å²) in [5.41, 5.74) is 8.14. The highest BCUT2D eigenvalue weighted by Gasteiger charge is 2.33. The van der Waals surface area contributed by atoms with E-state index in [2.05, 4.69) is 9.72 Å². The molecule has 4 aromatic rings. The van der Waals surface area contributed by atoms with Crippen molar-refractivity contribution in [2.45, 2.75) is 78.4 Å². The van der Waals surface area contributed by atoms with E-state index in [1.54, 1.807) is 6.07 Å². The number of nitrogen functional groups attached to an aromatic ring is 1. The molecule has 0 unspecified atom stereocenters. The lowest BCUT2D eigenvalue weighted by Crippen LogP contribution is -2.36. The quantitative estimate of drug-likeness (QED) is 0.104. The number of anilines is 1. The number of pyridine rings is 1. The smallest absolute Gasteiger partial charge is 0.459 e. The Morgan fingerprint density at radius 1 is 1.09 bits per heavy atom. The molecular weight excluding hydrogens is 569 g/mol. The molecule has 0 aliphatic rings. The number of hydrogen-bond donors (Lipinski definition) is 2. The average Bonchev–Trinajstić information content (AvgIpc) is 3.45. The first-order chi connectivity index (χ1) is 24.7. The summed E-state index contributed by atoms with van der Waals surface area (Å²) in [4.78, 5) is 22.6. The fourth-order valence-electron chi connectivity index (χ4n) is 4.68. The summed E-state index contributed by atoms with van der Waals surface area (Å²) in [5.74, 6) is -1.30. The topological polar surface area (TPSA) is 140 Å². The molecule has 0 aliphatic carbocycles. The summed E-state index contributed by atoms with van der Waals surface area (Å²) >= 11 is 0. The van der Waals surface area contributed by atoms with Gasteiger partial charge in [-0.1, -0.05) is 49.7 Å². The van der Waals surface area contributed by atoms with Crippen LogP contribution in [-0.4, -0.2) is 45.8 Å². The zero-order chi connectivity index (χ0) is 39.4. The van der Waals surface area contributed by atoms with Crippen LogP contribution in [0.1, 0.15) is 79.2 Å². The van der Waals surface area contributed by atoms with Crippen LogP contribution >= 0.6 is 7.75 Å². The Labute approximate surface area is 266 Å². The summed E-state index contributed by atoms with van der Waals surface area (Å²) in [5, 5.41) is 2.82. The van der Waals surface area contributed by atoms with Crippen LogP contribution in [0.25, 0.3) is 21.9 Å². The summed E-state index contributed by atoms with van der Waals surface area (Å²) in [6.45, 7) is -6.91. The molecule has 232 valence electrons. The van der Waals surface area contributed by atoms with Gasteiger partial charge in [0.2, 0.25) is 0 Å². The summed E-state index contributed by atoms with van der Waals surface area (Å²) < 4.78 is 116. The second-order valence-electron chi connectivity index (χ2n) is 9.53. The molecule has 3 N–H and O–H groups in total. The third kappa shape index (κ3) is 8.12. The van der Waals surface area contributed by atoms with E-state index >= 15 is 0 Å². The summed E-state index contributed by atoms with van der Waals surface area (Å²) in [7, 11) is -4.90. The van der Waals surface area contributed by atoms with Gasteiger partial charge in [-0.3, -0.25) is 9.32 Å². The van der Waals surface area contributed by atoms with Crippen LogP contribution in [0.5, 0.6) is 5.75 Å². The highest BCUT2D eigenvalue weighted by atomic mass is 31.2. The number of aromatic nitrogens is 3. The largest absolute Gasteiger partial charge is 0.462 e.